The average molecular weight is 273 g/mol. The van der Waals surface area contributed by atoms with Crippen LogP contribution in [0.4, 0.5) is 0 Å². The van der Waals surface area contributed by atoms with Gasteiger partial charge in [-0.3, -0.25) is 0 Å². The van der Waals surface area contributed by atoms with Crippen molar-refractivity contribution < 1.29 is 0 Å². The van der Waals surface area contributed by atoms with Crippen molar-refractivity contribution in [2.45, 2.75) is 59.0 Å². The molecule has 0 fully saturated rings. The summed E-state index contributed by atoms with van der Waals surface area (Å²) in [6, 6.07) is 0.339. The molecule has 0 saturated heterocycles. The quantitative estimate of drug-likeness (QED) is 0.810. The van der Waals surface area contributed by atoms with Gasteiger partial charge in [-0.05, 0) is 25.7 Å². The van der Waals surface area contributed by atoms with Crippen molar-refractivity contribution in [1.82, 2.24) is 20.1 Å². The van der Waals surface area contributed by atoms with E-state index >= 15 is 0 Å². The van der Waals surface area contributed by atoms with Crippen molar-refractivity contribution in [2.75, 3.05) is 6.54 Å². The molecule has 5 heteroatoms. The maximum atomic E-state index is 6.30. The molecule has 0 amide bonds. The fourth-order valence-electron chi connectivity index (χ4n) is 1.91. The highest BCUT2D eigenvalue weighted by molar-refractivity contribution is 6.20. The Hall–Kier alpha value is -0.610. The van der Waals surface area contributed by atoms with Gasteiger partial charge in [0.15, 0.2) is 0 Å². The molecule has 1 atom stereocenters. The van der Waals surface area contributed by atoms with Crippen LogP contribution in [0.25, 0.3) is 0 Å². The van der Waals surface area contributed by atoms with Gasteiger partial charge in [0.05, 0.1) is 6.54 Å². The second-order valence-corrected chi connectivity index (χ2v) is 6.82. The van der Waals surface area contributed by atoms with Gasteiger partial charge in [0.25, 0.3) is 0 Å². The van der Waals surface area contributed by atoms with E-state index in [0.717, 1.165) is 18.8 Å². The fourth-order valence-corrected chi connectivity index (χ4v) is 2.48. The van der Waals surface area contributed by atoms with Crippen LogP contribution in [0.5, 0.6) is 0 Å². The highest BCUT2D eigenvalue weighted by Crippen LogP contribution is 2.23. The molecule has 1 N–H and O–H groups in total. The van der Waals surface area contributed by atoms with Crippen LogP contribution in [0.2, 0.25) is 0 Å². The van der Waals surface area contributed by atoms with Crippen molar-refractivity contribution in [3.8, 4) is 0 Å². The van der Waals surface area contributed by atoms with E-state index in [2.05, 4.69) is 50.0 Å². The molecule has 0 spiro atoms. The van der Waals surface area contributed by atoms with E-state index in [-0.39, 0.29) is 10.8 Å². The van der Waals surface area contributed by atoms with Crippen molar-refractivity contribution in [1.29, 1.82) is 0 Å². The normalized spacial score (nSPS) is 14.2. The SMILES string of the molecule is CC(C)n1ncnc1CNCC(Cl)CC(C)(C)C. The maximum Gasteiger partial charge on any atom is 0.141 e. The van der Waals surface area contributed by atoms with E-state index in [4.69, 9.17) is 11.6 Å². The minimum absolute atomic E-state index is 0.153. The van der Waals surface area contributed by atoms with Crippen molar-refractivity contribution in [3.63, 3.8) is 0 Å². The Labute approximate surface area is 115 Å². The topological polar surface area (TPSA) is 42.7 Å². The van der Waals surface area contributed by atoms with Crippen LogP contribution in [0.1, 0.15) is 52.9 Å². The van der Waals surface area contributed by atoms with Gasteiger partial charge in [-0.15, -0.1) is 11.6 Å². The fraction of sp³-hybridized carbons (Fsp3) is 0.846. The Morgan fingerprint density at radius 2 is 2.06 bits per heavy atom. The molecule has 1 aromatic heterocycles. The predicted molar refractivity (Wildman–Crippen MR) is 75.8 cm³/mol. The second kappa shape index (κ2) is 6.53. The summed E-state index contributed by atoms with van der Waals surface area (Å²) in [5.74, 6) is 0.963. The Bertz CT molecular complexity index is 354. The number of nitrogens with one attached hydrogen (secondary N) is 1. The highest BCUT2D eigenvalue weighted by Gasteiger charge is 2.16. The van der Waals surface area contributed by atoms with Crippen LogP contribution in [-0.4, -0.2) is 26.7 Å². The minimum atomic E-state index is 0.153. The highest BCUT2D eigenvalue weighted by atomic mass is 35.5. The Kier molecular flexibility index (Phi) is 5.60. The van der Waals surface area contributed by atoms with Crippen LogP contribution in [0, 0.1) is 5.41 Å². The van der Waals surface area contributed by atoms with Gasteiger partial charge in [0.1, 0.15) is 12.2 Å². The number of hydrogen-bond acceptors (Lipinski definition) is 3. The number of halogens is 1. The van der Waals surface area contributed by atoms with Crippen LogP contribution in [-0.2, 0) is 6.54 Å². The molecular formula is C13H25ClN4. The van der Waals surface area contributed by atoms with E-state index in [0.29, 0.717) is 12.6 Å². The molecule has 0 radical (unpaired) electrons. The number of alkyl halides is 1. The predicted octanol–water partition coefficient (Wildman–Crippen LogP) is 2.99. The third-order valence-corrected chi connectivity index (χ3v) is 2.93. The monoisotopic (exact) mass is 272 g/mol. The molecule has 18 heavy (non-hydrogen) atoms. The Morgan fingerprint density at radius 1 is 1.39 bits per heavy atom. The van der Waals surface area contributed by atoms with E-state index in [9.17, 15) is 0 Å². The first-order valence-electron chi connectivity index (χ1n) is 6.53. The van der Waals surface area contributed by atoms with E-state index in [1.54, 1.807) is 6.33 Å². The summed E-state index contributed by atoms with van der Waals surface area (Å²) >= 11 is 6.30. The molecular weight excluding hydrogens is 248 g/mol. The standard InChI is InChI=1S/C13H25ClN4/c1-10(2)18-12(16-9-17-18)8-15-7-11(14)6-13(3,4)5/h9-11,15H,6-8H2,1-5H3. The van der Waals surface area contributed by atoms with Crippen LogP contribution in [0.3, 0.4) is 0 Å². The molecule has 1 unspecified atom stereocenters. The average Bonchev–Trinajstić information content (AvgIpc) is 2.62. The summed E-state index contributed by atoms with van der Waals surface area (Å²) in [6.07, 6.45) is 2.60. The first-order chi connectivity index (χ1) is 8.29. The smallest absolute Gasteiger partial charge is 0.141 e. The van der Waals surface area contributed by atoms with Crippen LogP contribution in [0.15, 0.2) is 6.33 Å². The first-order valence-corrected chi connectivity index (χ1v) is 6.96. The summed E-state index contributed by atoms with van der Waals surface area (Å²) in [5, 5.41) is 7.71. The third-order valence-electron chi connectivity index (χ3n) is 2.62. The third kappa shape index (κ3) is 5.36. The van der Waals surface area contributed by atoms with Gasteiger partial charge in [0.2, 0.25) is 0 Å². The zero-order valence-electron chi connectivity index (χ0n) is 12.1. The van der Waals surface area contributed by atoms with Gasteiger partial charge < -0.3 is 5.32 Å². The zero-order chi connectivity index (χ0) is 13.8. The molecule has 0 bridgehead atoms. The Balaban J connectivity index is 2.35. The van der Waals surface area contributed by atoms with Gasteiger partial charge in [-0.1, -0.05) is 20.8 Å². The number of aromatic nitrogens is 3. The summed E-state index contributed by atoms with van der Waals surface area (Å²) in [7, 11) is 0. The van der Waals surface area contributed by atoms with Gasteiger partial charge in [-0.25, -0.2) is 9.67 Å². The van der Waals surface area contributed by atoms with Gasteiger partial charge in [-0.2, -0.15) is 5.10 Å². The maximum absolute atomic E-state index is 6.30. The van der Waals surface area contributed by atoms with Crippen molar-refractivity contribution in [3.05, 3.63) is 12.2 Å². The van der Waals surface area contributed by atoms with E-state index in [1.165, 1.54) is 0 Å². The number of hydrogen-bond donors (Lipinski definition) is 1. The van der Waals surface area contributed by atoms with Crippen LogP contribution >= 0.6 is 11.6 Å². The zero-order valence-corrected chi connectivity index (χ0v) is 12.8. The van der Waals surface area contributed by atoms with E-state index in [1.807, 2.05) is 4.68 Å². The largest absolute Gasteiger partial charge is 0.308 e. The molecule has 104 valence electrons. The minimum Gasteiger partial charge on any atom is -0.308 e. The van der Waals surface area contributed by atoms with Crippen molar-refractivity contribution in [2.24, 2.45) is 5.41 Å². The summed E-state index contributed by atoms with van der Waals surface area (Å²) in [4.78, 5) is 4.26. The lowest BCUT2D eigenvalue weighted by Gasteiger charge is -2.22. The molecule has 0 aromatic carbocycles. The molecule has 1 rings (SSSR count). The number of nitrogens with zero attached hydrogens (tertiary/aromatic N) is 3. The lowest BCUT2D eigenvalue weighted by atomic mass is 9.90. The second-order valence-electron chi connectivity index (χ2n) is 6.21. The lowest BCUT2D eigenvalue weighted by Crippen LogP contribution is -2.27. The first kappa shape index (κ1) is 15.4. The number of rotatable bonds is 6. The van der Waals surface area contributed by atoms with Crippen molar-refractivity contribution >= 4 is 11.6 Å². The lowest BCUT2D eigenvalue weighted by molar-refractivity contribution is 0.363. The summed E-state index contributed by atoms with van der Waals surface area (Å²) < 4.78 is 1.93. The molecule has 0 aliphatic rings. The molecule has 4 nitrogen and oxygen atoms in total. The van der Waals surface area contributed by atoms with Gasteiger partial charge in [0, 0.05) is 18.0 Å². The molecule has 1 heterocycles. The van der Waals surface area contributed by atoms with Gasteiger partial charge >= 0.3 is 0 Å². The molecule has 0 aliphatic carbocycles. The molecule has 0 aliphatic heterocycles. The van der Waals surface area contributed by atoms with E-state index < -0.39 is 0 Å². The van der Waals surface area contributed by atoms with Crippen LogP contribution < -0.4 is 5.32 Å². The summed E-state index contributed by atoms with van der Waals surface area (Å²) in [6.45, 7) is 12.3. The Morgan fingerprint density at radius 3 is 2.61 bits per heavy atom. The molecule has 0 saturated carbocycles. The molecule has 1 aromatic rings. The summed E-state index contributed by atoms with van der Waals surface area (Å²) in [5.41, 5.74) is 0.270.